The van der Waals surface area contributed by atoms with Crippen LogP contribution < -0.4 is 42.4 Å². The number of fused-ring (bicyclic) bond motifs is 2. The largest absolute Gasteiger partial charge is 1.00 e. The maximum absolute atomic E-state index is 10.6. The molecule has 0 bridgehead atoms. The van der Waals surface area contributed by atoms with E-state index in [2.05, 4.69) is 128 Å². The fraction of sp³-hybridized carbons (Fsp3) is 0.354. The zero-order chi connectivity index (χ0) is 38.8. The summed E-state index contributed by atoms with van der Waals surface area (Å²) >= 11 is 3.46. The first-order valence-electron chi connectivity index (χ1n) is 19.2. The van der Waals surface area contributed by atoms with Gasteiger partial charge in [0.2, 0.25) is 0 Å². The third kappa shape index (κ3) is 8.39. The standard InChI is InChI=1S/C33H35O2P.C15H20BrO2.BrH/c1-24-25(2)32-30(26(3)31(24)34)20-21-33(4,35-32)22-23-36(27-14-8-5-9-15-27,28-16-10-6-11-17-28)29-18-12-7-13-19-29;1-9-10(2)14-12(11(3)13(9)17)5-6-15(4,18-14)7-8-16;/h5-19H,20-23H2,1-4H3;17H,4-8H2,1-3H3;1H/q;-1;. The van der Waals surface area contributed by atoms with E-state index in [1.165, 1.54) is 21.5 Å². The maximum Gasteiger partial charge on any atom is 0.127 e. The number of hydrogen-bond acceptors (Lipinski definition) is 4. The molecule has 0 amide bonds. The second kappa shape index (κ2) is 17.5. The SMILES string of the molecule is Cc1c(C)c2c(c(C)c1O)CCC(C)(CC[P+](c1ccccc1)(c1ccccc1)c1ccccc1)O2.[Br-].[CH2-]C1(CCBr)CCc2c(C)c(O)c(C)c(C)c2O1. The summed E-state index contributed by atoms with van der Waals surface area (Å²) in [6.07, 6.45) is 6.58. The highest BCUT2D eigenvalue weighted by molar-refractivity contribution is 9.09. The van der Waals surface area contributed by atoms with Gasteiger partial charge in [0.05, 0.1) is 6.16 Å². The normalized spacial score (nSPS) is 18.7. The van der Waals surface area contributed by atoms with Gasteiger partial charge in [-0.05, 0) is 156 Å². The van der Waals surface area contributed by atoms with Crippen LogP contribution in [0.15, 0.2) is 91.0 Å². The third-order valence-corrected chi connectivity index (χ3v) is 17.0. The molecule has 2 aliphatic rings. The summed E-state index contributed by atoms with van der Waals surface area (Å²) < 4.78 is 13.0. The van der Waals surface area contributed by atoms with Crippen molar-refractivity contribution in [3.8, 4) is 23.0 Å². The van der Waals surface area contributed by atoms with E-state index in [-0.39, 0.29) is 28.2 Å². The predicted octanol–water partition coefficient (Wildman–Crippen LogP) is 7.79. The first kappa shape index (κ1) is 42.8. The van der Waals surface area contributed by atoms with E-state index >= 15 is 0 Å². The highest BCUT2D eigenvalue weighted by Gasteiger charge is 2.47. The average Bonchev–Trinajstić information content (AvgIpc) is 3.19. The first-order valence-corrected chi connectivity index (χ1v) is 22.3. The molecule has 5 aromatic carbocycles. The Balaban J connectivity index is 0.000000258. The Morgan fingerprint density at radius 3 is 1.42 bits per heavy atom. The van der Waals surface area contributed by atoms with Crippen LogP contribution in [0.2, 0.25) is 0 Å². The van der Waals surface area contributed by atoms with Crippen LogP contribution in [0.25, 0.3) is 0 Å². The zero-order valence-corrected chi connectivity index (χ0v) is 37.5. The van der Waals surface area contributed by atoms with E-state index < -0.39 is 7.26 Å². The van der Waals surface area contributed by atoms with E-state index in [1.54, 1.807) is 0 Å². The van der Waals surface area contributed by atoms with Gasteiger partial charge < -0.3 is 36.7 Å². The lowest BCUT2D eigenvalue weighted by molar-refractivity contribution is -0.0000200. The Morgan fingerprint density at radius 1 is 0.600 bits per heavy atom. The molecule has 0 saturated heterocycles. The highest BCUT2D eigenvalue weighted by Crippen LogP contribution is 2.57. The predicted molar refractivity (Wildman–Crippen MR) is 232 cm³/mol. The summed E-state index contributed by atoms with van der Waals surface area (Å²) in [5.41, 5.74) is 7.57. The molecule has 7 heteroatoms. The number of halogens is 2. The van der Waals surface area contributed by atoms with Crippen LogP contribution >= 0.6 is 23.2 Å². The zero-order valence-electron chi connectivity index (χ0n) is 33.4. The number of phenolic OH excluding ortho intramolecular Hbond substituents is 2. The molecular weight excluding hydrogens is 831 g/mol. The van der Waals surface area contributed by atoms with E-state index in [1.807, 2.05) is 34.6 Å². The third-order valence-electron chi connectivity index (χ3n) is 12.2. The minimum atomic E-state index is -1.91. The van der Waals surface area contributed by atoms with Gasteiger partial charge >= 0.3 is 0 Å². The van der Waals surface area contributed by atoms with Gasteiger partial charge in [0, 0.05) is 22.9 Å². The van der Waals surface area contributed by atoms with Gasteiger partial charge in [-0.2, -0.15) is 0 Å². The van der Waals surface area contributed by atoms with Crippen molar-refractivity contribution in [1.82, 2.24) is 0 Å². The van der Waals surface area contributed by atoms with Gasteiger partial charge in [-0.15, -0.1) is 0 Å². The van der Waals surface area contributed by atoms with Crippen molar-refractivity contribution in [2.45, 2.75) is 98.2 Å². The lowest BCUT2D eigenvalue weighted by atomic mass is 9.86. The molecule has 0 aromatic heterocycles. The Hall–Kier alpha value is -3.31. The molecule has 5 aromatic rings. The molecule has 0 aliphatic carbocycles. The van der Waals surface area contributed by atoms with Crippen molar-refractivity contribution in [1.29, 1.82) is 0 Å². The number of ether oxygens (including phenoxy) is 2. The molecule has 0 spiro atoms. The number of phenols is 2. The minimum Gasteiger partial charge on any atom is -1.00 e. The Kier molecular flexibility index (Phi) is 13.6. The van der Waals surface area contributed by atoms with Gasteiger partial charge in [-0.25, -0.2) is 0 Å². The fourth-order valence-corrected chi connectivity index (χ4v) is 13.6. The molecule has 2 heterocycles. The van der Waals surface area contributed by atoms with Crippen LogP contribution in [0, 0.1) is 48.5 Å². The van der Waals surface area contributed by atoms with Gasteiger partial charge in [0.15, 0.2) is 0 Å². The molecule has 2 N–H and O–H groups in total. The van der Waals surface area contributed by atoms with Crippen molar-refractivity contribution < 1.29 is 36.7 Å². The maximum atomic E-state index is 10.6. The molecule has 0 fully saturated rings. The molecule has 55 heavy (non-hydrogen) atoms. The highest BCUT2D eigenvalue weighted by atomic mass is 79.9. The van der Waals surface area contributed by atoms with Gasteiger partial charge in [0.25, 0.3) is 0 Å². The van der Waals surface area contributed by atoms with Crippen LogP contribution in [-0.4, -0.2) is 32.9 Å². The molecule has 7 rings (SSSR count). The summed E-state index contributed by atoms with van der Waals surface area (Å²) in [4.78, 5) is 0. The van der Waals surface area contributed by atoms with Gasteiger partial charge in [-0.1, -0.05) is 70.5 Å². The first-order chi connectivity index (χ1) is 25.7. The van der Waals surface area contributed by atoms with Crippen molar-refractivity contribution in [3.63, 3.8) is 0 Å². The van der Waals surface area contributed by atoms with E-state index in [0.717, 1.165) is 100 Å². The molecular formula is C48H56Br2O4P-. The number of rotatable bonds is 8. The monoisotopic (exact) mass is 885 g/mol. The quantitative estimate of drug-likeness (QED) is 0.0951. The Morgan fingerprint density at radius 2 is 1.00 bits per heavy atom. The van der Waals surface area contributed by atoms with E-state index in [0.29, 0.717) is 11.5 Å². The minimum absolute atomic E-state index is 0. The second-order valence-corrected chi connectivity index (χ2v) is 20.0. The molecule has 0 saturated carbocycles. The summed E-state index contributed by atoms with van der Waals surface area (Å²) in [5, 5.41) is 25.8. The molecule has 0 radical (unpaired) electrons. The van der Waals surface area contributed by atoms with Gasteiger partial charge in [-0.3, -0.25) is 6.92 Å². The Bertz CT molecular complexity index is 2010. The summed E-state index contributed by atoms with van der Waals surface area (Å²) in [7, 11) is -1.91. The average molecular weight is 888 g/mol. The second-order valence-electron chi connectivity index (χ2n) is 15.6. The van der Waals surface area contributed by atoms with Crippen molar-refractivity contribution in [2.24, 2.45) is 0 Å². The molecule has 292 valence electrons. The lowest BCUT2D eigenvalue weighted by Gasteiger charge is -2.43. The summed E-state index contributed by atoms with van der Waals surface area (Å²) in [6, 6.07) is 33.2. The van der Waals surface area contributed by atoms with Crippen LogP contribution in [0.1, 0.15) is 77.1 Å². The van der Waals surface area contributed by atoms with Crippen LogP contribution in [0.5, 0.6) is 23.0 Å². The Labute approximate surface area is 349 Å². The number of hydrogen-bond donors (Lipinski definition) is 2. The smallest absolute Gasteiger partial charge is 0.127 e. The molecule has 2 atom stereocenters. The van der Waals surface area contributed by atoms with E-state index in [9.17, 15) is 10.2 Å². The van der Waals surface area contributed by atoms with Crippen LogP contribution in [0.4, 0.5) is 0 Å². The molecule has 2 unspecified atom stereocenters. The topological polar surface area (TPSA) is 58.9 Å². The van der Waals surface area contributed by atoms with Gasteiger partial charge in [0.1, 0.15) is 51.8 Å². The van der Waals surface area contributed by atoms with Crippen LogP contribution in [-0.2, 0) is 12.8 Å². The summed E-state index contributed by atoms with van der Waals surface area (Å²) in [5.74, 6) is 2.75. The van der Waals surface area contributed by atoms with E-state index in [4.69, 9.17) is 9.47 Å². The number of benzene rings is 5. The molecule has 4 nitrogen and oxygen atoms in total. The van der Waals surface area contributed by atoms with Crippen molar-refractivity contribution in [2.75, 3.05) is 11.5 Å². The van der Waals surface area contributed by atoms with Crippen molar-refractivity contribution in [3.05, 3.63) is 142 Å². The summed E-state index contributed by atoms with van der Waals surface area (Å²) in [6.45, 7) is 18.5. The van der Waals surface area contributed by atoms with Crippen molar-refractivity contribution >= 4 is 39.1 Å². The number of alkyl halides is 1. The lowest BCUT2D eigenvalue weighted by Crippen LogP contribution is -3.00. The molecule has 2 aliphatic heterocycles. The van der Waals surface area contributed by atoms with Crippen LogP contribution in [0.3, 0.4) is 0 Å². The number of aromatic hydroxyl groups is 2. The fourth-order valence-electron chi connectivity index (χ4n) is 8.33.